The van der Waals surface area contributed by atoms with Crippen LogP contribution in [0.1, 0.15) is 33.3 Å². The molecule has 0 aliphatic heterocycles. The molecule has 0 fully saturated rings. The molecule has 0 aliphatic carbocycles. The van der Waals surface area contributed by atoms with E-state index in [1.807, 2.05) is 59.4 Å². The van der Waals surface area contributed by atoms with Crippen LogP contribution in [-0.2, 0) is 21.7 Å². The number of ketones is 1. The summed E-state index contributed by atoms with van der Waals surface area (Å²) in [6, 6.07) is 28.0. The van der Waals surface area contributed by atoms with Gasteiger partial charge in [-0.25, -0.2) is 0 Å². The molecule has 0 amide bonds. The van der Waals surface area contributed by atoms with E-state index in [2.05, 4.69) is 46.3 Å². The molecule has 4 nitrogen and oxygen atoms in total. The van der Waals surface area contributed by atoms with Gasteiger partial charge in [-0.1, -0.05) is 64.5 Å². The predicted octanol–water partition coefficient (Wildman–Crippen LogP) is 7.57. The first kappa shape index (κ1) is 26.4. The van der Waals surface area contributed by atoms with Crippen molar-refractivity contribution in [2.24, 2.45) is 0 Å². The Morgan fingerprint density at radius 1 is 0.921 bits per heavy atom. The van der Waals surface area contributed by atoms with Gasteiger partial charge in [0.1, 0.15) is 4.21 Å². The first-order valence-corrected chi connectivity index (χ1v) is 14.8. The third kappa shape index (κ3) is 5.90. The quantitative estimate of drug-likeness (QED) is 0.0755. The Morgan fingerprint density at radius 3 is 2.39 bits per heavy atom. The van der Waals surface area contributed by atoms with Crippen LogP contribution in [0, 0.1) is 0 Å². The number of nitrogens with zero attached hydrogens (tertiary/aromatic N) is 1. The van der Waals surface area contributed by atoms with Gasteiger partial charge in [0.05, 0.1) is 23.5 Å². The third-order valence-electron chi connectivity index (χ3n) is 6.04. The number of rotatable bonds is 9. The zero-order chi connectivity index (χ0) is 26.5. The van der Waals surface area contributed by atoms with Crippen LogP contribution in [0.15, 0.2) is 106 Å². The van der Waals surface area contributed by atoms with E-state index < -0.39 is 0 Å². The van der Waals surface area contributed by atoms with E-state index in [1.165, 1.54) is 27.7 Å². The van der Waals surface area contributed by atoms with Crippen molar-refractivity contribution < 1.29 is 18.9 Å². The van der Waals surface area contributed by atoms with Crippen molar-refractivity contribution in [1.82, 2.24) is 0 Å². The molecule has 0 saturated heterocycles. The number of esters is 1. The normalized spacial score (nSPS) is 11.0. The molecule has 3 aromatic carbocycles. The van der Waals surface area contributed by atoms with Crippen LogP contribution < -0.4 is 4.57 Å². The number of ether oxygens (including phenoxy) is 1. The van der Waals surface area contributed by atoms with Gasteiger partial charge in [-0.2, -0.15) is 4.57 Å². The van der Waals surface area contributed by atoms with Gasteiger partial charge in [-0.3, -0.25) is 9.59 Å². The highest BCUT2D eigenvalue weighted by Gasteiger charge is 2.31. The van der Waals surface area contributed by atoms with Gasteiger partial charge >= 0.3 is 5.97 Å². The Balaban J connectivity index is 1.59. The summed E-state index contributed by atoms with van der Waals surface area (Å²) in [6.07, 6.45) is 3.92. The van der Waals surface area contributed by atoms with Gasteiger partial charge in [-0.15, -0.1) is 23.1 Å². The standard InChI is InChI=1S/C31H25BrNO3S2/c1-2-36-27(34)19-26-28(33-16-6-3-7-17-33)31(38-30(26)29(35)23-12-14-25(32)15-13-23)37-20-21-10-11-22-8-4-5-9-24(22)18-21/h3-18H,2,19-20H2,1H3/q+1. The molecule has 7 heteroatoms. The molecule has 5 rings (SSSR count). The van der Waals surface area contributed by atoms with E-state index in [-0.39, 0.29) is 24.8 Å². The smallest absolute Gasteiger partial charge is 0.310 e. The van der Waals surface area contributed by atoms with Crippen LogP contribution in [-0.4, -0.2) is 18.4 Å². The second-order valence-corrected chi connectivity index (χ2v) is 11.8. The van der Waals surface area contributed by atoms with E-state index in [9.17, 15) is 9.59 Å². The molecular weight excluding hydrogens is 578 g/mol. The predicted molar refractivity (Wildman–Crippen MR) is 157 cm³/mol. The average Bonchev–Trinajstić information content (AvgIpc) is 3.30. The molecule has 0 N–H and O–H groups in total. The number of aromatic nitrogens is 1. The molecule has 0 atom stereocenters. The number of benzene rings is 3. The number of carbonyl (C=O) groups is 2. The molecule has 2 aromatic heterocycles. The van der Waals surface area contributed by atoms with Crippen molar-refractivity contribution in [3.05, 3.63) is 123 Å². The van der Waals surface area contributed by atoms with Gasteiger partial charge in [0.15, 0.2) is 12.4 Å². The second kappa shape index (κ2) is 12.1. The number of fused-ring (bicyclic) bond motifs is 1. The Labute approximate surface area is 238 Å². The first-order valence-electron chi connectivity index (χ1n) is 12.2. The van der Waals surface area contributed by atoms with Gasteiger partial charge < -0.3 is 4.74 Å². The zero-order valence-corrected chi connectivity index (χ0v) is 23.9. The van der Waals surface area contributed by atoms with E-state index in [0.29, 0.717) is 16.0 Å². The third-order valence-corrected chi connectivity index (χ3v) is 9.12. The Bertz CT molecular complexity index is 1600. The summed E-state index contributed by atoms with van der Waals surface area (Å²) in [5, 5.41) is 2.40. The summed E-state index contributed by atoms with van der Waals surface area (Å²) in [5.74, 6) is 0.285. The molecular formula is C31H25BrNO3S2+. The zero-order valence-electron chi connectivity index (χ0n) is 20.7. The molecule has 0 unspecified atom stereocenters. The lowest BCUT2D eigenvalue weighted by atomic mass is 10.0. The largest absolute Gasteiger partial charge is 0.466 e. The van der Waals surface area contributed by atoms with Crippen LogP contribution in [0.5, 0.6) is 0 Å². The fourth-order valence-electron chi connectivity index (χ4n) is 4.25. The maximum Gasteiger partial charge on any atom is 0.310 e. The van der Waals surface area contributed by atoms with E-state index >= 15 is 0 Å². The summed E-state index contributed by atoms with van der Waals surface area (Å²) in [5.41, 5.74) is 3.32. The summed E-state index contributed by atoms with van der Waals surface area (Å²) in [4.78, 5) is 27.0. The first-order chi connectivity index (χ1) is 18.5. The molecule has 190 valence electrons. The lowest BCUT2D eigenvalue weighted by Gasteiger charge is -2.06. The van der Waals surface area contributed by atoms with Gasteiger partial charge in [0.2, 0.25) is 11.5 Å². The molecule has 5 aromatic rings. The number of pyridine rings is 1. The second-order valence-electron chi connectivity index (χ2n) is 8.62. The Hall–Kier alpha value is -3.26. The van der Waals surface area contributed by atoms with Gasteiger partial charge in [0.25, 0.3) is 0 Å². The van der Waals surface area contributed by atoms with Crippen LogP contribution in [0.4, 0.5) is 0 Å². The fourth-order valence-corrected chi connectivity index (χ4v) is 7.04. The highest BCUT2D eigenvalue weighted by molar-refractivity contribution is 9.10. The van der Waals surface area contributed by atoms with Gasteiger partial charge in [0, 0.05) is 27.9 Å². The van der Waals surface area contributed by atoms with Crippen LogP contribution in [0.2, 0.25) is 0 Å². The Kier molecular flexibility index (Phi) is 8.37. The van der Waals surface area contributed by atoms with Crippen molar-refractivity contribution >= 4 is 61.6 Å². The minimum Gasteiger partial charge on any atom is -0.466 e. The molecule has 0 aliphatic rings. The SMILES string of the molecule is CCOC(=O)Cc1c(C(=O)c2ccc(Br)cc2)sc(SCc2ccc3ccccc3c2)c1-[n+]1ccccc1. The Morgan fingerprint density at radius 2 is 1.66 bits per heavy atom. The van der Waals surface area contributed by atoms with Crippen LogP contribution in [0.25, 0.3) is 16.5 Å². The number of thioether (sulfide) groups is 1. The molecule has 38 heavy (non-hydrogen) atoms. The number of hydrogen-bond acceptors (Lipinski definition) is 5. The highest BCUT2D eigenvalue weighted by atomic mass is 79.9. The summed E-state index contributed by atoms with van der Waals surface area (Å²) < 4.78 is 9.18. The monoisotopic (exact) mass is 602 g/mol. The highest BCUT2D eigenvalue weighted by Crippen LogP contribution is 2.40. The summed E-state index contributed by atoms with van der Waals surface area (Å²) in [7, 11) is 0. The fraction of sp³-hybridized carbons (Fsp3) is 0.129. The minimum absolute atomic E-state index is 0.0235. The molecule has 0 bridgehead atoms. The number of thiophene rings is 1. The van der Waals surface area contributed by atoms with Crippen molar-refractivity contribution in [2.45, 2.75) is 23.3 Å². The van der Waals surface area contributed by atoms with Crippen molar-refractivity contribution in [3.63, 3.8) is 0 Å². The van der Waals surface area contributed by atoms with Crippen molar-refractivity contribution in [1.29, 1.82) is 0 Å². The van der Waals surface area contributed by atoms with Crippen molar-refractivity contribution in [2.75, 3.05) is 6.61 Å². The number of hydrogen-bond donors (Lipinski definition) is 0. The topological polar surface area (TPSA) is 47.3 Å². The average molecular weight is 604 g/mol. The molecule has 2 heterocycles. The van der Waals surface area contributed by atoms with E-state index in [4.69, 9.17) is 4.74 Å². The summed E-state index contributed by atoms with van der Waals surface area (Å²) in [6.45, 7) is 2.08. The number of carbonyl (C=O) groups excluding carboxylic acids is 2. The molecule has 0 saturated carbocycles. The van der Waals surface area contributed by atoms with Crippen LogP contribution in [0.3, 0.4) is 0 Å². The number of halogens is 1. The van der Waals surface area contributed by atoms with Gasteiger partial charge in [-0.05, 0) is 47.5 Å². The molecule has 0 spiro atoms. The molecule has 0 radical (unpaired) electrons. The van der Waals surface area contributed by atoms with E-state index in [0.717, 1.165) is 20.1 Å². The summed E-state index contributed by atoms with van der Waals surface area (Å²) >= 11 is 6.57. The van der Waals surface area contributed by atoms with Crippen molar-refractivity contribution in [3.8, 4) is 5.69 Å². The minimum atomic E-state index is -0.348. The van der Waals surface area contributed by atoms with E-state index in [1.54, 1.807) is 30.8 Å². The maximum atomic E-state index is 13.8. The lowest BCUT2D eigenvalue weighted by Crippen LogP contribution is -2.31. The van der Waals surface area contributed by atoms with Crippen LogP contribution >= 0.6 is 39.0 Å². The lowest BCUT2D eigenvalue weighted by molar-refractivity contribution is -0.598. The maximum absolute atomic E-state index is 13.8.